The molecule has 0 atom stereocenters. The second-order valence-electron chi connectivity index (χ2n) is 8.06. The Hall–Kier alpha value is -2.87. The number of hydrogen-bond donors (Lipinski definition) is 2. The maximum atomic E-state index is 13.2. The predicted molar refractivity (Wildman–Crippen MR) is 115 cm³/mol. The molecule has 2 N–H and O–H groups in total. The van der Waals surface area contributed by atoms with Crippen molar-refractivity contribution in [2.24, 2.45) is 0 Å². The lowest BCUT2D eigenvalue weighted by Crippen LogP contribution is -3.13. The first kappa shape index (κ1) is 22.8. The van der Waals surface area contributed by atoms with Gasteiger partial charge in [0.1, 0.15) is 11.5 Å². The third-order valence-electron chi connectivity index (χ3n) is 5.54. The third-order valence-corrected chi connectivity index (χ3v) is 5.54. The van der Waals surface area contributed by atoms with Crippen LogP contribution in [0.3, 0.4) is 0 Å². The molecule has 1 aromatic heterocycles. The monoisotopic (exact) mass is 428 g/mol. The molecular weight excluding hydrogens is 397 g/mol. The number of benzene rings is 1. The fraction of sp³-hybridized carbons (Fsp3) is 0.478. The van der Waals surface area contributed by atoms with Crippen molar-refractivity contribution in [3.05, 3.63) is 59.4 Å². The maximum Gasteiger partial charge on any atom is 0.274 e. The molecule has 7 nitrogen and oxygen atoms in total. The van der Waals surface area contributed by atoms with E-state index < -0.39 is 0 Å². The molecule has 0 radical (unpaired) electrons. The van der Waals surface area contributed by atoms with Crippen LogP contribution in [-0.4, -0.2) is 59.4 Å². The lowest BCUT2D eigenvalue weighted by atomic mass is 10.1. The van der Waals surface area contributed by atoms with Crippen LogP contribution in [0.15, 0.2) is 36.7 Å². The number of carbonyl (C=O) groups is 2. The van der Waals surface area contributed by atoms with Crippen LogP contribution in [0, 0.1) is 12.7 Å². The van der Waals surface area contributed by atoms with Crippen LogP contribution >= 0.6 is 0 Å². The van der Waals surface area contributed by atoms with Crippen LogP contribution in [0.25, 0.3) is 0 Å². The highest BCUT2D eigenvalue weighted by molar-refractivity contribution is 5.92. The van der Waals surface area contributed by atoms with Gasteiger partial charge in [0.05, 0.1) is 38.1 Å². The van der Waals surface area contributed by atoms with E-state index in [1.807, 2.05) is 0 Å². The number of amides is 2. The first-order chi connectivity index (χ1) is 15.0. The van der Waals surface area contributed by atoms with Gasteiger partial charge in [-0.2, -0.15) is 0 Å². The quantitative estimate of drug-likeness (QED) is 0.628. The van der Waals surface area contributed by atoms with Gasteiger partial charge in [-0.05, 0) is 43.9 Å². The second-order valence-corrected chi connectivity index (χ2v) is 8.06. The standard InChI is InChI=1S/C23H30FN5O2/c1-18-15-27-21(16-26-18)23(31)29(17-19-5-7-20(24)8-6-19)13-9-22(30)25-10-14-28-11-3-2-4-12-28/h5-8,15-16H,2-4,9-14,17H2,1H3,(H,25,30)/p+1. The molecule has 3 rings (SSSR count). The number of quaternary nitrogens is 1. The Labute approximate surface area is 182 Å². The average Bonchev–Trinajstić information content (AvgIpc) is 2.79. The van der Waals surface area contributed by atoms with Gasteiger partial charge in [-0.15, -0.1) is 0 Å². The number of aryl methyl sites for hydroxylation is 1. The highest BCUT2D eigenvalue weighted by atomic mass is 19.1. The molecule has 0 unspecified atom stereocenters. The van der Waals surface area contributed by atoms with E-state index in [2.05, 4.69) is 15.3 Å². The van der Waals surface area contributed by atoms with Gasteiger partial charge in [0.25, 0.3) is 5.91 Å². The van der Waals surface area contributed by atoms with E-state index in [1.165, 1.54) is 55.6 Å². The number of nitrogens with zero attached hydrogens (tertiary/aromatic N) is 3. The van der Waals surface area contributed by atoms with Crippen molar-refractivity contribution in [2.75, 3.05) is 32.7 Å². The molecular formula is C23H31FN5O2+. The molecule has 1 aromatic carbocycles. The van der Waals surface area contributed by atoms with Gasteiger partial charge in [0.2, 0.25) is 5.91 Å². The molecule has 1 saturated heterocycles. The highest BCUT2D eigenvalue weighted by Gasteiger charge is 2.19. The summed E-state index contributed by atoms with van der Waals surface area (Å²) in [4.78, 5) is 36.7. The van der Waals surface area contributed by atoms with Crippen molar-refractivity contribution >= 4 is 11.8 Å². The van der Waals surface area contributed by atoms with Crippen LogP contribution in [0.5, 0.6) is 0 Å². The maximum absolute atomic E-state index is 13.2. The van der Waals surface area contributed by atoms with Gasteiger partial charge in [-0.3, -0.25) is 14.6 Å². The second kappa shape index (κ2) is 11.5. The topological polar surface area (TPSA) is 79.6 Å². The van der Waals surface area contributed by atoms with E-state index in [1.54, 1.807) is 30.2 Å². The molecule has 0 aliphatic carbocycles. The fourth-order valence-corrected chi connectivity index (χ4v) is 3.73. The number of nitrogens with one attached hydrogen (secondary N) is 2. The highest BCUT2D eigenvalue weighted by Crippen LogP contribution is 2.11. The molecule has 2 amide bonds. The van der Waals surface area contributed by atoms with Gasteiger partial charge in [0, 0.05) is 25.7 Å². The Morgan fingerprint density at radius 1 is 1.10 bits per heavy atom. The van der Waals surface area contributed by atoms with Gasteiger partial charge >= 0.3 is 0 Å². The number of piperidine rings is 1. The fourth-order valence-electron chi connectivity index (χ4n) is 3.73. The number of halogens is 1. The zero-order valence-corrected chi connectivity index (χ0v) is 18.1. The van der Waals surface area contributed by atoms with Gasteiger partial charge < -0.3 is 15.1 Å². The Balaban J connectivity index is 1.56. The SMILES string of the molecule is Cc1cnc(C(=O)N(CCC(=O)NCC[NH+]2CCCCC2)Cc2ccc(F)cc2)cn1. The van der Waals surface area contributed by atoms with E-state index in [-0.39, 0.29) is 42.8 Å². The Kier molecular flexibility index (Phi) is 8.46. The molecule has 0 saturated carbocycles. The number of rotatable bonds is 9. The minimum absolute atomic E-state index is 0.0803. The molecule has 8 heteroatoms. The summed E-state index contributed by atoms with van der Waals surface area (Å²) in [7, 11) is 0. The zero-order valence-electron chi connectivity index (χ0n) is 18.1. The third kappa shape index (κ3) is 7.40. The minimum atomic E-state index is -0.332. The van der Waals surface area contributed by atoms with E-state index >= 15 is 0 Å². The normalized spacial score (nSPS) is 14.3. The van der Waals surface area contributed by atoms with E-state index in [0.717, 1.165) is 17.8 Å². The first-order valence-electron chi connectivity index (χ1n) is 10.9. The van der Waals surface area contributed by atoms with Crippen molar-refractivity contribution in [3.8, 4) is 0 Å². The summed E-state index contributed by atoms with van der Waals surface area (Å²) >= 11 is 0. The van der Waals surface area contributed by atoms with Gasteiger partial charge in [-0.25, -0.2) is 9.37 Å². The summed E-state index contributed by atoms with van der Waals surface area (Å²) in [6.45, 7) is 6.23. The zero-order chi connectivity index (χ0) is 22.1. The van der Waals surface area contributed by atoms with E-state index in [9.17, 15) is 14.0 Å². The molecule has 2 heterocycles. The summed E-state index contributed by atoms with van der Waals surface area (Å²) in [5.41, 5.74) is 1.72. The lowest BCUT2D eigenvalue weighted by molar-refractivity contribution is -0.903. The number of likely N-dealkylation sites (tertiary alicyclic amines) is 1. The van der Waals surface area contributed by atoms with Crippen LogP contribution < -0.4 is 10.2 Å². The summed E-state index contributed by atoms with van der Waals surface area (Å²) in [6, 6.07) is 5.99. The summed E-state index contributed by atoms with van der Waals surface area (Å²) < 4.78 is 13.2. The number of aromatic nitrogens is 2. The molecule has 1 aliphatic rings. The average molecular weight is 429 g/mol. The molecule has 0 bridgehead atoms. The first-order valence-corrected chi connectivity index (χ1v) is 10.9. The van der Waals surface area contributed by atoms with Crippen molar-refractivity contribution in [2.45, 2.75) is 39.2 Å². The molecule has 0 spiro atoms. The number of carbonyl (C=O) groups excluding carboxylic acids is 2. The molecule has 31 heavy (non-hydrogen) atoms. The Morgan fingerprint density at radius 3 is 2.52 bits per heavy atom. The largest absolute Gasteiger partial charge is 0.350 e. The van der Waals surface area contributed by atoms with Crippen molar-refractivity contribution in [3.63, 3.8) is 0 Å². The smallest absolute Gasteiger partial charge is 0.274 e. The summed E-state index contributed by atoms with van der Waals surface area (Å²) in [5.74, 6) is -0.716. The van der Waals surface area contributed by atoms with Crippen molar-refractivity contribution in [1.82, 2.24) is 20.2 Å². The summed E-state index contributed by atoms with van der Waals surface area (Å²) in [6.07, 6.45) is 6.99. The molecule has 2 aromatic rings. The van der Waals surface area contributed by atoms with Crippen LogP contribution in [0.2, 0.25) is 0 Å². The molecule has 1 aliphatic heterocycles. The van der Waals surface area contributed by atoms with Crippen LogP contribution in [0.1, 0.15) is 47.4 Å². The van der Waals surface area contributed by atoms with Gasteiger partial charge in [-0.1, -0.05) is 12.1 Å². The lowest BCUT2D eigenvalue weighted by Gasteiger charge is -2.24. The predicted octanol–water partition coefficient (Wildman–Crippen LogP) is 1.14. The van der Waals surface area contributed by atoms with E-state index in [4.69, 9.17) is 0 Å². The molecule has 1 fully saturated rings. The van der Waals surface area contributed by atoms with E-state index in [0.29, 0.717) is 6.54 Å². The van der Waals surface area contributed by atoms with Crippen molar-refractivity contribution in [1.29, 1.82) is 0 Å². The number of hydrogen-bond acceptors (Lipinski definition) is 4. The van der Waals surface area contributed by atoms with Crippen molar-refractivity contribution < 1.29 is 18.9 Å². The Bertz CT molecular complexity index is 851. The molecule has 166 valence electrons. The van der Waals surface area contributed by atoms with Gasteiger partial charge in [0.15, 0.2) is 0 Å². The summed E-state index contributed by atoms with van der Waals surface area (Å²) in [5, 5.41) is 2.97. The minimum Gasteiger partial charge on any atom is -0.350 e. The van der Waals surface area contributed by atoms with Crippen LogP contribution in [0.4, 0.5) is 4.39 Å². The Morgan fingerprint density at radius 2 is 1.84 bits per heavy atom. The van der Waals surface area contributed by atoms with Crippen LogP contribution in [-0.2, 0) is 11.3 Å².